The summed E-state index contributed by atoms with van der Waals surface area (Å²) in [5, 5.41) is 3.25. The number of anilines is 1. The van der Waals surface area contributed by atoms with Gasteiger partial charge in [-0.05, 0) is 31.5 Å². The third-order valence-electron chi connectivity index (χ3n) is 2.02. The zero-order chi connectivity index (χ0) is 11.8. The van der Waals surface area contributed by atoms with E-state index in [2.05, 4.69) is 21.2 Å². The van der Waals surface area contributed by atoms with E-state index in [4.69, 9.17) is 4.74 Å². The first-order chi connectivity index (χ1) is 7.72. The minimum Gasteiger partial charge on any atom is -0.466 e. The number of carbonyl (C=O) groups excluding carboxylic acids is 1. The molecule has 0 aliphatic carbocycles. The first kappa shape index (κ1) is 13.0. The Morgan fingerprint density at radius 3 is 3.00 bits per heavy atom. The number of nitrogens with one attached hydrogen (secondary N) is 1. The number of esters is 1. The topological polar surface area (TPSA) is 38.3 Å². The highest BCUT2D eigenvalue weighted by molar-refractivity contribution is 9.10. The monoisotopic (exact) mass is 285 g/mol. The normalized spacial score (nSPS) is 9.88. The summed E-state index contributed by atoms with van der Waals surface area (Å²) in [4.78, 5) is 11.1. The predicted octanol–water partition coefficient (Wildman–Crippen LogP) is 3.20. The van der Waals surface area contributed by atoms with Crippen LogP contribution in [0.15, 0.2) is 28.7 Å². The van der Waals surface area contributed by atoms with Gasteiger partial charge < -0.3 is 10.1 Å². The first-order valence-electron chi connectivity index (χ1n) is 5.37. The van der Waals surface area contributed by atoms with Gasteiger partial charge in [0.05, 0.1) is 6.61 Å². The third kappa shape index (κ3) is 5.16. The number of hydrogen-bond donors (Lipinski definition) is 1. The van der Waals surface area contributed by atoms with Gasteiger partial charge in [-0.1, -0.05) is 22.0 Å². The van der Waals surface area contributed by atoms with E-state index >= 15 is 0 Å². The van der Waals surface area contributed by atoms with E-state index in [0.717, 1.165) is 23.1 Å². The summed E-state index contributed by atoms with van der Waals surface area (Å²) < 4.78 is 5.88. The maximum Gasteiger partial charge on any atom is 0.305 e. The summed E-state index contributed by atoms with van der Waals surface area (Å²) in [6.45, 7) is 3.05. The van der Waals surface area contributed by atoms with Gasteiger partial charge in [0.15, 0.2) is 0 Å². The number of halogens is 1. The van der Waals surface area contributed by atoms with E-state index < -0.39 is 0 Å². The Morgan fingerprint density at radius 1 is 1.50 bits per heavy atom. The molecule has 0 spiro atoms. The van der Waals surface area contributed by atoms with Gasteiger partial charge in [-0.3, -0.25) is 4.79 Å². The minimum atomic E-state index is -0.126. The Hall–Kier alpha value is -1.03. The summed E-state index contributed by atoms with van der Waals surface area (Å²) >= 11 is 3.40. The van der Waals surface area contributed by atoms with Gasteiger partial charge in [0.25, 0.3) is 0 Å². The van der Waals surface area contributed by atoms with Crippen LogP contribution in [0.2, 0.25) is 0 Å². The van der Waals surface area contributed by atoms with Crippen LogP contribution in [-0.2, 0) is 9.53 Å². The fraction of sp³-hybridized carbons (Fsp3) is 0.417. The van der Waals surface area contributed by atoms with Crippen molar-refractivity contribution in [1.29, 1.82) is 0 Å². The summed E-state index contributed by atoms with van der Waals surface area (Å²) in [5.74, 6) is -0.126. The highest BCUT2D eigenvalue weighted by Gasteiger charge is 2.00. The van der Waals surface area contributed by atoms with E-state index in [1.165, 1.54) is 0 Å². The lowest BCUT2D eigenvalue weighted by Crippen LogP contribution is -2.08. The molecule has 0 amide bonds. The third-order valence-corrected chi connectivity index (χ3v) is 2.51. The lowest BCUT2D eigenvalue weighted by molar-refractivity contribution is -0.143. The van der Waals surface area contributed by atoms with Crippen LogP contribution in [0.1, 0.15) is 19.8 Å². The zero-order valence-electron chi connectivity index (χ0n) is 9.33. The maximum absolute atomic E-state index is 11.1. The Morgan fingerprint density at radius 2 is 2.31 bits per heavy atom. The first-order valence-corrected chi connectivity index (χ1v) is 6.16. The van der Waals surface area contributed by atoms with Crippen LogP contribution < -0.4 is 5.32 Å². The van der Waals surface area contributed by atoms with Crippen molar-refractivity contribution >= 4 is 27.6 Å². The van der Waals surface area contributed by atoms with Crippen molar-refractivity contribution in [3.63, 3.8) is 0 Å². The Kier molecular flexibility index (Phi) is 5.93. The number of hydrogen-bond acceptors (Lipinski definition) is 3. The van der Waals surface area contributed by atoms with Crippen LogP contribution in [0, 0.1) is 0 Å². The average Bonchev–Trinajstić information content (AvgIpc) is 2.25. The molecule has 0 unspecified atom stereocenters. The lowest BCUT2D eigenvalue weighted by Gasteiger charge is -2.06. The molecule has 1 aromatic carbocycles. The number of ether oxygens (including phenoxy) is 1. The van der Waals surface area contributed by atoms with Crippen molar-refractivity contribution in [1.82, 2.24) is 0 Å². The molecule has 0 fully saturated rings. The van der Waals surface area contributed by atoms with Gasteiger partial charge in [-0.2, -0.15) is 0 Å². The molecule has 0 heterocycles. The lowest BCUT2D eigenvalue weighted by atomic mass is 10.3. The fourth-order valence-corrected chi connectivity index (χ4v) is 1.70. The quantitative estimate of drug-likeness (QED) is 0.644. The standard InChI is InChI=1S/C12H16BrNO2/c1-2-16-12(15)7-4-8-14-11-6-3-5-10(13)9-11/h3,5-6,9,14H,2,4,7-8H2,1H3. The highest BCUT2D eigenvalue weighted by atomic mass is 79.9. The number of rotatable bonds is 6. The predicted molar refractivity (Wildman–Crippen MR) is 68.5 cm³/mol. The second-order valence-corrected chi connectivity index (χ2v) is 4.26. The maximum atomic E-state index is 11.1. The van der Waals surface area contributed by atoms with Crippen molar-refractivity contribution in [2.75, 3.05) is 18.5 Å². The van der Waals surface area contributed by atoms with E-state index in [9.17, 15) is 4.79 Å². The van der Waals surface area contributed by atoms with Gasteiger partial charge in [-0.15, -0.1) is 0 Å². The Balaban J connectivity index is 2.18. The van der Waals surface area contributed by atoms with Gasteiger partial charge >= 0.3 is 5.97 Å². The van der Waals surface area contributed by atoms with Crippen LogP contribution >= 0.6 is 15.9 Å². The molecule has 3 nitrogen and oxygen atoms in total. The van der Waals surface area contributed by atoms with E-state index in [-0.39, 0.29) is 5.97 Å². The van der Waals surface area contributed by atoms with E-state index in [0.29, 0.717) is 13.0 Å². The number of carbonyl (C=O) groups is 1. The molecule has 0 saturated heterocycles. The molecule has 0 radical (unpaired) electrons. The van der Waals surface area contributed by atoms with Gasteiger partial charge in [0, 0.05) is 23.1 Å². The van der Waals surface area contributed by atoms with Crippen molar-refractivity contribution in [3.05, 3.63) is 28.7 Å². The van der Waals surface area contributed by atoms with Crippen molar-refractivity contribution in [3.8, 4) is 0 Å². The second-order valence-electron chi connectivity index (χ2n) is 3.35. The Bertz CT molecular complexity index is 342. The molecule has 0 saturated carbocycles. The zero-order valence-corrected chi connectivity index (χ0v) is 10.9. The summed E-state index contributed by atoms with van der Waals surface area (Å²) in [7, 11) is 0. The molecular weight excluding hydrogens is 270 g/mol. The van der Waals surface area contributed by atoms with Crippen LogP contribution in [0.3, 0.4) is 0 Å². The van der Waals surface area contributed by atoms with Crippen molar-refractivity contribution in [2.45, 2.75) is 19.8 Å². The van der Waals surface area contributed by atoms with Crippen LogP contribution in [-0.4, -0.2) is 19.1 Å². The summed E-state index contributed by atoms with van der Waals surface area (Å²) in [6, 6.07) is 7.95. The van der Waals surface area contributed by atoms with Crippen molar-refractivity contribution in [2.24, 2.45) is 0 Å². The van der Waals surface area contributed by atoms with Crippen LogP contribution in [0.5, 0.6) is 0 Å². The smallest absolute Gasteiger partial charge is 0.305 e. The SMILES string of the molecule is CCOC(=O)CCCNc1cccc(Br)c1. The molecule has 1 N–H and O–H groups in total. The largest absolute Gasteiger partial charge is 0.466 e. The van der Waals surface area contributed by atoms with Gasteiger partial charge in [0.2, 0.25) is 0 Å². The fourth-order valence-electron chi connectivity index (χ4n) is 1.30. The molecule has 1 aromatic rings. The Labute approximate surface area is 104 Å². The molecule has 0 aliphatic heterocycles. The molecule has 4 heteroatoms. The summed E-state index contributed by atoms with van der Waals surface area (Å²) in [5.41, 5.74) is 1.05. The van der Waals surface area contributed by atoms with E-state index in [1.54, 1.807) is 0 Å². The van der Waals surface area contributed by atoms with Crippen LogP contribution in [0.25, 0.3) is 0 Å². The van der Waals surface area contributed by atoms with Crippen LogP contribution in [0.4, 0.5) is 5.69 Å². The summed E-state index contributed by atoms with van der Waals surface area (Å²) in [6.07, 6.45) is 1.25. The van der Waals surface area contributed by atoms with Crippen molar-refractivity contribution < 1.29 is 9.53 Å². The molecule has 88 valence electrons. The van der Waals surface area contributed by atoms with E-state index in [1.807, 2.05) is 31.2 Å². The molecular formula is C12H16BrNO2. The minimum absolute atomic E-state index is 0.126. The highest BCUT2D eigenvalue weighted by Crippen LogP contribution is 2.15. The molecule has 0 aliphatic rings. The molecule has 0 bridgehead atoms. The number of benzene rings is 1. The molecule has 0 atom stereocenters. The van der Waals surface area contributed by atoms with Gasteiger partial charge in [0.1, 0.15) is 0 Å². The van der Waals surface area contributed by atoms with Gasteiger partial charge in [-0.25, -0.2) is 0 Å². The molecule has 0 aromatic heterocycles. The molecule has 16 heavy (non-hydrogen) atoms. The average molecular weight is 286 g/mol. The molecule has 1 rings (SSSR count). The second kappa shape index (κ2) is 7.28.